The summed E-state index contributed by atoms with van der Waals surface area (Å²) in [6, 6.07) is 4.45. The number of rotatable bonds is 3. The van der Waals surface area contributed by atoms with Gasteiger partial charge in [0.1, 0.15) is 0 Å². The van der Waals surface area contributed by atoms with Crippen molar-refractivity contribution in [2.24, 2.45) is 0 Å². The maximum absolute atomic E-state index is 12.0. The topological polar surface area (TPSA) is 63.7 Å². The quantitative estimate of drug-likeness (QED) is 0.759. The van der Waals surface area contributed by atoms with Crippen LogP contribution in [-0.2, 0) is 14.8 Å². The average molecular weight is 257 g/mol. The Morgan fingerprint density at radius 2 is 1.88 bits per heavy atom. The maximum Gasteiger partial charge on any atom is 0.337 e. The molecule has 0 fully saturated rings. The summed E-state index contributed by atoms with van der Waals surface area (Å²) in [4.78, 5) is 11.5. The molecular weight excluding hydrogens is 242 g/mol. The average Bonchev–Trinajstić information content (AvgIpc) is 2.28. The van der Waals surface area contributed by atoms with Crippen LogP contribution in [0.1, 0.15) is 15.9 Å². The van der Waals surface area contributed by atoms with Gasteiger partial charge in [-0.3, -0.25) is 0 Å². The van der Waals surface area contributed by atoms with Crippen molar-refractivity contribution in [1.29, 1.82) is 0 Å². The van der Waals surface area contributed by atoms with Gasteiger partial charge in [-0.25, -0.2) is 17.5 Å². The molecule has 0 bridgehead atoms. The molecule has 6 heteroatoms. The Morgan fingerprint density at radius 1 is 1.29 bits per heavy atom. The summed E-state index contributed by atoms with van der Waals surface area (Å²) in [5.41, 5.74) is 0.810. The number of benzene rings is 1. The lowest BCUT2D eigenvalue weighted by atomic mass is 10.1. The second-order valence-corrected chi connectivity index (χ2v) is 5.88. The predicted molar refractivity (Wildman–Crippen MR) is 63.4 cm³/mol. The van der Waals surface area contributed by atoms with Gasteiger partial charge < -0.3 is 4.74 Å². The number of carbonyl (C=O) groups is 1. The van der Waals surface area contributed by atoms with Crippen LogP contribution < -0.4 is 0 Å². The summed E-state index contributed by atoms with van der Waals surface area (Å²) >= 11 is 0. The van der Waals surface area contributed by atoms with Crippen LogP contribution in [0.4, 0.5) is 0 Å². The first kappa shape index (κ1) is 13.7. The van der Waals surface area contributed by atoms with Crippen molar-refractivity contribution in [2.45, 2.75) is 11.8 Å². The van der Waals surface area contributed by atoms with Gasteiger partial charge in [-0.1, -0.05) is 6.07 Å². The van der Waals surface area contributed by atoms with Gasteiger partial charge in [0, 0.05) is 14.1 Å². The van der Waals surface area contributed by atoms with Gasteiger partial charge in [-0.2, -0.15) is 0 Å². The number of sulfonamides is 1. The molecule has 0 heterocycles. The van der Waals surface area contributed by atoms with Crippen molar-refractivity contribution in [1.82, 2.24) is 4.31 Å². The lowest BCUT2D eigenvalue weighted by Crippen LogP contribution is -2.23. The summed E-state index contributed by atoms with van der Waals surface area (Å²) in [7, 11) is 0.594. The van der Waals surface area contributed by atoms with Crippen molar-refractivity contribution in [3.8, 4) is 0 Å². The van der Waals surface area contributed by atoms with E-state index in [1.807, 2.05) is 0 Å². The molecule has 0 saturated carbocycles. The summed E-state index contributed by atoms with van der Waals surface area (Å²) in [5.74, 6) is -0.555. The van der Waals surface area contributed by atoms with Crippen LogP contribution >= 0.6 is 0 Å². The van der Waals surface area contributed by atoms with Crippen molar-refractivity contribution >= 4 is 16.0 Å². The third kappa shape index (κ3) is 2.65. The van der Waals surface area contributed by atoms with E-state index in [0.717, 1.165) is 4.31 Å². The highest BCUT2D eigenvalue weighted by Gasteiger charge is 2.21. The summed E-state index contributed by atoms with van der Waals surface area (Å²) < 4.78 is 29.6. The zero-order valence-electron chi connectivity index (χ0n) is 10.2. The van der Waals surface area contributed by atoms with Crippen LogP contribution in [0.5, 0.6) is 0 Å². The van der Waals surface area contributed by atoms with Crippen LogP contribution in [0.15, 0.2) is 23.1 Å². The van der Waals surface area contributed by atoms with E-state index in [2.05, 4.69) is 4.74 Å². The lowest BCUT2D eigenvalue weighted by molar-refractivity contribution is 0.0600. The Bertz CT molecular complexity index is 534. The maximum atomic E-state index is 12.0. The molecule has 1 aromatic rings. The Kier molecular flexibility index (Phi) is 3.90. The number of ether oxygens (including phenoxy) is 1. The monoisotopic (exact) mass is 257 g/mol. The number of aryl methyl sites for hydroxylation is 1. The first-order valence-electron chi connectivity index (χ1n) is 4.92. The SMILES string of the molecule is COC(=O)c1ccc(C)c(S(=O)(=O)N(C)C)c1. The number of carbonyl (C=O) groups excluding carboxylic acids is 1. The number of hydrogen-bond donors (Lipinski definition) is 0. The minimum Gasteiger partial charge on any atom is -0.465 e. The first-order valence-corrected chi connectivity index (χ1v) is 6.36. The van der Waals surface area contributed by atoms with Gasteiger partial charge >= 0.3 is 5.97 Å². The molecule has 94 valence electrons. The van der Waals surface area contributed by atoms with E-state index >= 15 is 0 Å². The number of hydrogen-bond acceptors (Lipinski definition) is 4. The molecule has 0 atom stereocenters. The van der Waals surface area contributed by atoms with E-state index in [4.69, 9.17) is 0 Å². The highest BCUT2D eigenvalue weighted by Crippen LogP contribution is 2.20. The molecule has 0 aliphatic heterocycles. The van der Waals surface area contributed by atoms with Gasteiger partial charge in [0.15, 0.2) is 0 Å². The molecule has 0 saturated heterocycles. The van der Waals surface area contributed by atoms with Crippen molar-refractivity contribution in [3.05, 3.63) is 29.3 Å². The molecule has 0 radical (unpaired) electrons. The van der Waals surface area contributed by atoms with Gasteiger partial charge in [-0.05, 0) is 24.6 Å². The lowest BCUT2D eigenvalue weighted by Gasteiger charge is -2.14. The highest BCUT2D eigenvalue weighted by atomic mass is 32.2. The molecule has 17 heavy (non-hydrogen) atoms. The molecule has 0 aromatic heterocycles. The zero-order valence-corrected chi connectivity index (χ0v) is 11.0. The van der Waals surface area contributed by atoms with Gasteiger partial charge in [0.2, 0.25) is 10.0 Å². The van der Waals surface area contributed by atoms with Crippen molar-refractivity contribution < 1.29 is 17.9 Å². The Morgan fingerprint density at radius 3 is 2.35 bits per heavy atom. The molecular formula is C11H15NO4S. The molecule has 5 nitrogen and oxygen atoms in total. The van der Waals surface area contributed by atoms with E-state index in [9.17, 15) is 13.2 Å². The second-order valence-electron chi connectivity index (χ2n) is 3.76. The number of methoxy groups -OCH3 is 1. The predicted octanol–water partition coefficient (Wildman–Crippen LogP) is 1.03. The Labute approximate surface area is 101 Å². The largest absolute Gasteiger partial charge is 0.465 e. The van der Waals surface area contributed by atoms with Gasteiger partial charge in [-0.15, -0.1) is 0 Å². The smallest absolute Gasteiger partial charge is 0.337 e. The third-order valence-electron chi connectivity index (χ3n) is 2.37. The first-order chi connectivity index (χ1) is 7.80. The van der Waals surface area contributed by atoms with Crippen LogP contribution in [0.3, 0.4) is 0 Å². The third-order valence-corrected chi connectivity index (χ3v) is 4.32. The fourth-order valence-electron chi connectivity index (χ4n) is 1.32. The molecule has 1 rings (SSSR count). The standard InChI is InChI=1S/C11H15NO4S/c1-8-5-6-9(11(13)16-4)7-10(8)17(14,15)12(2)3/h5-7H,1-4H3. The summed E-state index contributed by atoms with van der Waals surface area (Å²) in [6.07, 6.45) is 0. The molecule has 0 spiro atoms. The van der Waals surface area contributed by atoms with Crippen molar-refractivity contribution in [3.63, 3.8) is 0 Å². The van der Waals surface area contributed by atoms with Crippen molar-refractivity contribution in [2.75, 3.05) is 21.2 Å². The summed E-state index contributed by atoms with van der Waals surface area (Å²) in [6.45, 7) is 1.68. The highest BCUT2D eigenvalue weighted by molar-refractivity contribution is 7.89. The molecule has 0 aliphatic rings. The van der Waals surface area contributed by atoms with E-state index < -0.39 is 16.0 Å². The second kappa shape index (κ2) is 4.85. The molecule has 1 aromatic carbocycles. The van der Waals surface area contributed by atoms with E-state index in [1.54, 1.807) is 13.0 Å². The fraction of sp³-hybridized carbons (Fsp3) is 0.364. The zero-order chi connectivity index (χ0) is 13.2. The van der Waals surface area contributed by atoms with Gasteiger partial charge in [0.25, 0.3) is 0 Å². The van der Waals surface area contributed by atoms with Crippen LogP contribution in [-0.4, -0.2) is 39.9 Å². The van der Waals surface area contributed by atoms with Crippen LogP contribution in [0.2, 0.25) is 0 Å². The fourth-order valence-corrected chi connectivity index (χ4v) is 2.46. The van der Waals surface area contributed by atoms with E-state index in [-0.39, 0.29) is 10.5 Å². The number of nitrogens with zero attached hydrogens (tertiary/aromatic N) is 1. The Hall–Kier alpha value is -1.40. The molecule has 0 aliphatic carbocycles. The number of esters is 1. The van der Waals surface area contributed by atoms with Gasteiger partial charge in [0.05, 0.1) is 17.6 Å². The Balaban J connectivity index is 3.40. The van der Waals surface area contributed by atoms with E-state index in [1.165, 1.54) is 33.3 Å². The minimum atomic E-state index is -3.55. The normalized spacial score (nSPS) is 11.6. The van der Waals surface area contributed by atoms with Crippen LogP contribution in [0, 0.1) is 6.92 Å². The van der Waals surface area contributed by atoms with E-state index in [0.29, 0.717) is 5.56 Å². The minimum absolute atomic E-state index is 0.116. The molecule has 0 unspecified atom stereocenters. The summed E-state index contributed by atoms with van der Waals surface area (Å²) in [5, 5.41) is 0. The van der Waals surface area contributed by atoms with Crippen LogP contribution in [0.25, 0.3) is 0 Å². The molecule has 0 amide bonds. The molecule has 0 N–H and O–H groups in total.